The summed E-state index contributed by atoms with van der Waals surface area (Å²) in [6, 6.07) is 1.22. The van der Waals surface area contributed by atoms with Crippen LogP contribution < -0.4 is 0 Å². The molecule has 8 heteroatoms. The number of aromatic carboxylic acids is 1. The van der Waals surface area contributed by atoms with Crippen LogP contribution in [0.1, 0.15) is 30.1 Å². The molecule has 0 aliphatic carbocycles. The van der Waals surface area contributed by atoms with Gasteiger partial charge in [-0.25, -0.2) is 13.2 Å². The van der Waals surface area contributed by atoms with Crippen molar-refractivity contribution in [2.75, 3.05) is 19.7 Å². The number of hydrogen-bond acceptors (Lipinski definition) is 5. The minimum Gasteiger partial charge on any atom is -0.478 e. The molecule has 0 atom stereocenters. The first-order valence-corrected chi connectivity index (χ1v) is 8.70. The Kier molecular flexibility index (Phi) is 4.79. The van der Waals surface area contributed by atoms with Crippen LogP contribution in [0.5, 0.6) is 0 Å². The van der Waals surface area contributed by atoms with Crippen molar-refractivity contribution in [3.05, 3.63) is 17.0 Å². The van der Waals surface area contributed by atoms with Crippen LogP contribution in [0.2, 0.25) is 0 Å². The van der Waals surface area contributed by atoms with Gasteiger partial charge in [0, 0.05) is 25.1 Å². The number of piperidine rings is 1. The summed E-state index contributed by atoms with van der Waals surface area (Å²) in [6.07, 6.45) is 1.46. The largest absolute Gasteiger partial charge is 0.478 e. The van der Waals surface area contributed by atoms with E-state index in [4.69, 9.17) is 9.84 Å². The molecule has 1 aromatic rings. The van der Waals surface area contributed by atoms with E-state index in [0.717, 1.165) is 11.3 Å². The van der Waals surface area contributed by atoms with Gasteiger partial charge in [-0.05, 0) is 25.8 Å². The predicted molar refractivity (Wildman–Crippen MR) is 74.7 cm³/mol. The monoisotopic (exact) mass is 319 g/mol. The summed E-state index contributed by atoms with van der Waals surface area (Å²) in [6.45, 7) is 3.37. The molecule has 1 fully saturated rings. The van der Waals surface area contributed by atoms with E-state index in [1.807, 2.05) is 6.92 Å². The SMILES string of the molecule is CCOC1CCN(S(=O)(=O)c2cc(C(=O)O)cs2)CC1. The Balaban J connectivity index is 2.09. The average molecular weight is 319 g/mol. The Bertz CT molecular complexity index is 572. The van der Waals surface area contributed by atoms with Crippen molar-refractivity contribution in [1.29, 1.82) is 0 Å². The number of carboxylic acids is 1. The molecule has 6 nitrogen and oxygen atoms in total. The minimum atomic E-state index is -3.58. The molecule has 0 bridgehead atoms. The lowest BCUT2D eigenvalue weighted by atomic mass is 10.1. The van der Waals surface area contributed by atoms with Crippen molar-refractivity contribution >= 4 is 27.3 Å². The minimum absolute atomic E-state index is 0.0118. The molecule has 1 N–H and O–H groups in total. The van der Waals surface area contributed by atoms with Crippen molar-refractivity contribution in [3.8, 4) is 0 Å². The van der Waals surface area contributed by atoms with Crippen LogP contribution in [0.15, 0.2) is 15.7 Å². The Labute approximate surface area is 122 Å². The van der Waals surface area contributed by atoms with E-state index >= 15 is 0 Å². The second-order valence-corrected chi connectivity index (χ2v) is 7.59. The van der Waals surface area contributed by atoms with Gasteiger partial charge >= 0.3 is 5.97 Å². The average Bonchev–Trinajstić information content (AvgIpc) is 2.90. The molecular weight excluding hydrogens is 302 g/mol. The quantitative estimate of drug-likeness (QED) is 0.892. The van der Waals surface area contributed by atoms with Crippen LogP contribution in [-0.2, 0) is 14.8 Å². The van der Waals surface area contributed by atoms with E-state index in [1.165, 1.54) is 15.8 Å². The second-order valence-electron chi connectivity index (χ2n) is 4.52. The second kappa shape index (κ2) is 6.21. The van der Waals surface area contributed by atoms with Gasteiger partial charge in [-0.2, -0.15) is 4.31 Å². The lowest BCUT2D eigenvalue weighted by Crippen LogP contribution is -2.40. The third-order valence-corrected chi connectivity index (χ3v) is 6.53. The Hall–Kier alpha value is -0.960. The molecule has 2 rings (SSSR count). The van der Waals surface area contributed by atoms with Crippen molar-refractivity contribution in [2.24, 2.45) is 0 Å². The van der Waals surface area contributed by atoms with Crippen LogP contribution in [-0.4, -0.2) is 49.6 Å². The maximum absolute atomic E-state index is 12.4. The first kappa shape index (κ1) is 15.4. The summed E-state index contributed by atoms with van der Waals surface area (Å²) in [5.74, 6) is -1.11. The highest BCUT2D eigenvalue weighted by Crippen LogP contribution is 2.27. The summed E-state index contributed by atoms with van der Waals surface area (Å²) >= 11 is 0.948. The smallest absolute Gasteiger partial charge is 0.336 e. The summed E-state index contributed by atoms with van der Waals surface area (Å²) in [5, 5.41) is 10.2. The maximum atomic E-state index is 12.4. The number of ether oxygens (including phenoxy) is 1. The van der Waals surface area contributed by atoms with Crippen molar-refractivity contribution < 1.29 is 23.1 Å². The van der Waals surface area contributed by atoms with E-state index in [9.17, 15) is 13.2 Å². The summed E-state index contributed by atoms with van der Waals surface area (Å²) in [4.78, 5) is 10.8. The van der Waals surface area contributed by atoms with Crippen LogP contribution in [0.25, 0.3) is 0 Å². The molecule has 1 saturated heterocycles. The van der Waals surface area contributed by atoms with Crippen LogP contribution >= 0.6 is 11.3 Å². The fraction of sp³-hybridized carbons (Fsp3) is 0.583. The fourth-order valence-electron chi connectivity index (χ4n) is 2.17. The van der Waals surface area contributed by atoms with Gasteiger partial charge in [0.05, 0.1) is 11.7 Å². The molecule has 2 heterocycles. The number of carbonyl (C=O) groups is 1. The third kappa shape index (κ3) is 3.20. The number of nitrogens with zero attached hydrogens (tertiary/aromatic N) is 1. The van der Waals surface area contributed by atoms with Gasteiger partial charge in [-0.15, -0.1) is 11.3 Å². The van der Waals surface area contributed by atoms with E-state index in [-0.39, 0.29) is 15.9 Å². The Morgan fingerprint density at radius 1 is 1.50 bits per heavy atom. The molecular formula is C12H17NO5S2. The summed E-state index contributed by atoms with van der Waals surface area (Å²) in [7, 11) is -3.58. The van der Waals surface area contributed by atoms with Crippen LogP contribution in [0.3, 0.4) is 0 Å². The molecule has 0 radical (unpaired) electrons. The summed E-state index contributed by atoms with van der Waals surface area (Å²) < 4.78 is 31.8. The molecule has 20 heavy (non-hydrogen) atoms. The van der Waals surface area contributed by atoms with Crippen molar-refractivity contribution in [3.63, 3.8) is 0 Å². The lowest BCUT2D eigenvalue weighted by Gasteiger charge is -2.30. The number of carboxylic acid groups (broad SMARTS) is 1. The van der Waals surface area contributed by atoms with Gasteiger partial charge < -0.3 is 9.84 Å². The molecule has 0 spiro atoms. The predicted octanol–water partition coefficient (Wildman–Crippen LogP) is 1.64. The van der Waals surface area contributed by atoms with Crippen molar-refractivity contribution in [1.82, 2.24) is 4.31 Å². The third-order valence-electron chi connectivity index (χ3n) is 3.22. The Morgan fingerprint density at radius 2 is 2.15 bits per heavy atom. The van der Waals surface area contributed by atoms with Gasteiger partial charge in [0.2, 0.25) is 0 Å². The lowest BCUT2D eigenvalue weighted by molar-refractivity contribution is 0.0290. The number of sulfonamides is 1. The van der Waals surface area contributed by atoms with Crippen LogP contribution in [0.4, 0.5) is 0 Å². The molecule has 0 saturated carbocycles. The van der Waals surface area contributed by atoms with Gasteiger partial charge in [-0.1, -0.05) is 0 Å². The van der Waals surface area contributed by atoms with Gasteiger partial charge in [0.15, 0.2) is 0 Å². The first-order valence-electron chi connectivity index (χ1n) is 6.38. The molecule has 112 valence electrons. The highest BCUT2D eigenvalue weighted by atomic mass is 32.2. The Morgan fingerprint density at radius 3 is 2.65 bits per heavy atom. The normalized spacial score (nSPS) is 18.2. The number of thiophene rings is 1. The zero-order valence-electron chi connectivity index (χ0n) is 11.1. The number of hydrogen-bond donors (Lipinski definition) is 1. The van der Waals surface area contributed by atoms with E-state index in [1.54, 1.807) is 0 Å². The molecule has 0 aromatic carbocycles. The van der Waals surface area contributed by atoms with E-state index in [2.05, 4.69) is 0 Å². The van der Waals surface area contributed by atoms with Gasteiger partial charge in [0.25, 0.3) is 10.0 Å². The maximum Gasteiger partial charge on any atom is 0.336 e. The van der Waals surface area contributed by atoms with Gasteiger partial charge in [-0.3, -0.25) is 0 Å². The zero-order chi connectivity index (χ0) is 14.8. The summed E-state index contributed by atoms with van der Waals surface area (Å²) in [5.41, 5.74) is 0.0118. The molecule has 1 aliphatic heterocycles. The molecule has 1 aromatic heterocycles. The molecule has 0 unspecified atom stereocenters. The highest BCUT2D eigenvalue weighted by Gasteiger charge is 2.31. The van der Waals surface area contributed by atoms with Crippen LogP contribution in [0, 0.1) is 0 Å². The van der Waals surface area contributed by atoms with Crippen molar-refractivity contribution in [2.45, 2.75) is 30.1 Å². The topological polar surface area (TPSA) is 83.9 Å². The van der Waals surface area contributed by atoms with E-state index < -0.39 is 16.0 Å². The molecule has 1 aliphatic rings. The molecule has 0 amide bonds. The van der Waals surface area contributed by atoms with E-state index in [0.29, 0.717) is 32.5 Å². The fourth-order valence-corrected chi connectivity index (χ4v) is 4.94. The zero-order valence-corrected chi connectivity index (χ0v) is 12.7. The van der Waals surface area contributed by atoms with Gasteiger partial charge in [0.1, 0.15) is 4.21 Å². The number of rotatable bonds is 5. The first-order chi connectivity index (χ1) is 9.45. The highest BCUT2D eigenvalue weighted by molar-refractivity contribution is 7.91. The standard InChI is InChI=1S/C12H17NO5S2/c1-2-18-10-3-5-13(6-4-10)20(16,17)11-7-9(8-19-11)12(14)15/h7-8,10H,2-6H2,1H3,(H,14,15).